The second-order valence-electron chi connectivity index (χ2n) is 4.25. The van der Waals surface area contributed by atoms with E-state index in [2.05, 4.69) is 21.2 Å². The molecule has 2 aromatic carbocycles. The third-order valence-corrected chi connectivity index (χ3v) is 3.53. The lowest BCUT2D eigenvalue weighted by atomic mass is 10.1. The summed E-state index contributed by atoms with van der Waals surface area (Å²) in [7, 11) is 0. The van der Waals surface area contributed by atoms with E-state index in [9.17, 15) is 9.18 Å². The second-order valence-corrected chi connectivity index (χ2v) is 5.60. The number of carbonyl (C=O) groups excluding carboxylic acids is 1. The standard InChI is InChI=1S/C14H11BrClFN2O/c1-7-10(4-8(15)5-12(7)18)14(20)19-13-6-9(16)2-3-11(13)17/h2-6H,18H2,1H3,(H,19,20). The fourth-order valence-corrected chi connectivity index (χ4v) is 2.37. The van der Waals surface area contributed by atoms with Gasteiger partial charge in [0, 0.05) is 20.7 Å². The molecule has 3 N–H and O–H groups in total. The van der Waals surface area contributed by atoms with Gasteiger partial charge in [-0.05, 0) is 42.8 Å². The maximum Gasteiger partial charge on any atom is 0.256 e. The smallest absolute Gasteiger partial charge is 0.256 e. The van der Waals surface area contributed by atoms with Crippen LogP contribution in [-0.2, 0) is 0 Å². The minimum Gasteiger partial charge on any atom is -0.398 e. The molecule has 0 bridgehead atoms. The number of nitrogens with two attached hydrogens (primary N) is 1. The molecule has 0 aliphatic rings. The molecule has 0 fully saturated rings. The molecule has 0 saturated heterocycles. The van der Waals surface area contributed by atoms with E-state index in [1.807, 2.05) is 0 Å². The quantitative estimate of drug-likeness (QED) is 0.783. The molecule has 0 aromatic heterocycles. The Balaban J connectivity index is 2.35. The normalized spacial score (nSPS) is 10.4. The molecule has 2 rings (SSSR count). The van der Waals surface area contributed by atoms with Crippen LogP contribution in [0.5, 0.6) is 0 Å². The van der Waals surface area contributed by atoms with E-state index in [0.717, 1.165) is 0 Å². The number of hydrogen-bond donors (Lipinski definition) is 2. The number of rotatable bonds is 2. The average Bonchev–Trinajstić information content (AvgIpc) is 2.38. The molecule has 0 saturated carbocycles. The van der Waals surface area contributed by atoms with Crippen molar-refractivity contribution in [2.75, 3.05) is 11.1 Å². The van der Waals surface area contributed by atoms with Crippen molar-refractivity contribution >= 4 is 44.8 Å². The Bertz CT molecular complexity index is 691. The third-order valence-electron chi connectivity index (χ3n) is 2.83. The van der Waals surface area contributed by atoms with E-state index in [-0.39, 0.29) is 5.69 Å². The highest BCUT2D eigenvalue weighted by atomic mass is 79.9. The Hall–Kier alpha value is -1.59. The molecule has 20 heavy (non-hydrogen) atoms. The molecular weight excluding hydrogens is 347 g/mol. The SMILES string of the molecule is Cc1c(N)cc(Br)cc1C(=O)Nc1cc(Cl)ccc1F. The predicted octanol–water partition coefficient (Wildman–Crippen LogP) is 4.38. The molecule has 0 radical (unpaired) electrons. The van der Waals surface area contributed by atoms with Gasteiger partial charge in [0.25, 0.3) is 5.91 Å². The van der Waals surface area contributed by atoms with Crippen LogP contribution in [-0.4, -0.2) is 5.91 Å². The predicted molar refractivity (Wildman–Crippen MR) is 82.7 cm³/mol. The van der Waals surface area contributed by atoms with Crippen LogP contribution < -0.4 is 11.1 Å². The monoisotopic (exact) mass is 356 g/mol. The van der Waals surface area contributed by atoms with Crippen LogP contribution in [0.2, 0.25) is 5.02 Å². The maximum absolute atomic E-state index is 13.6. The fourth-order valence-electron chi connectivity index (χ4n) is 1.72. The zero-order chi connectivity index (χ0) is 14.9. The highest BCUT2D eigenvalue weighted by molar-refractivity contribution is 9.10. The Kier molecular flexibility index (Phi) is 4.30. The van der Waals surface area contributed by atoms with Crippen molar-refractivity contribution in [2.24, 2.45) is 0 Å². The van der Waals surface area contributed by atoms with Gasteiger partial charge in [-0.1, -0.05) is 27.5 Å². The number of hydrogen-bond acceptors (Lipinski definition) is 2. The summed E-state index contributed by atoms with van der Waals surface area (Å²) in [6.07, 6.45) is 0. The molecule has 0 unspecified atom stereocenters. The van der Waals surface area contributed by atoms with Gasteiger partial charge in [0.2, 0.25) is 0 Å². The second kappa shape index (κ2) is 5.81. The van der Waals surface area contributed by atoms with Crippen LogP contribution in [0, 0.1) is 12.7 Å². The highest BCUT2D eigenvalue weighted by Crippen LogP contribution is 2.25. The summed E-state index contributed by atoms with van der Waals surface area (Å²) in [6, 6.07) is 7.29. The number of anilines is 2. The van der Waals surface area contributed by atoms with Gasteiger partial charge in [0.05, 0.1) is 5.69 Å². The van der Waals surface area contributed by atoms with E-state index in [0.29, 0.717) is 26.3 Å². The summed E-state index contributed by atoms with van der Waals surface area (Å²) in [5.74, 6) is -1.000. The number of benzene rings is 2. The van der Waals surface area contributed by atoms with E-state index in [1.54, 1.807) is 19.1 Å². The van der Waals surface area contributed by atoms with Gasteiger partial charge in [-0.2, -0.15) is 0 Å². The average molecular weight is 358 g/mol. The Morgan fingerprint density at radius 3 is 2.75 bits per heavy atom. The summed E-state index contributed by atoms with van der Waals surface area (Å²) < 4.78 is 14.3. The Morgan fingerprint density at radius 2 is 2.05 bits per heavy atom. The molecule has 0 aliphatic carbocycles. The van der Waals surface area contributed by atoms with Crippen molar-refractivity contribution in [1.82, 2.24) is 0 Å². The molecule has 1 amide bonds. The summed E-state index contributed by atoms with van der Waals surface area (Å²) in [6.45, 7) is 1.73. The largest absolute Gasteiger partial charge is 0.398 e. The topological polar surface area (TPSA) is 55.1 Å². The maximum atomic E-state index is 13.6. The molecule has 0 heterocycles. The summed E-state index contributed by atoms with van der Waals surface area (Å²) in [5.41, 5.74) is 7.32. The molecule has 6 heteroatoms. The lowest BCUT2D eigenvalue weighted by Gasteiger charge is -2.11. The van der Waals surface area contributed by atoms with Crippen molar-refractivity contribution in [2.45, 2.75) is 6.92 Å². The molecule has 104 valence electrons. The van der Waals surface area contributed by atoms with Crippen molar-refractivity contribution in [3.8, 4) is 0 Å². The lowest BCUT2D eigenvalue weighted by molar-refractivity contribution is 0.102. The van der Waals surface area contributed by atoms with Crippen LogP contribution in [0.1, 0.15) is 15.9 Å². The van der Waals surface area contributed by atoms with Crippen molar-refractivity contribution in [1.29, 1.82) is 0 Å². The van der Waals surface area contributed by atoms with E-state index >= 15 is 0 Å². The van der Waals surface area contributed by atoms with Gasteiger partial charge in [0.15, 0.2) is 0 Å². The molecule has 0 atom stereocenters. The summed E-state index contributed by atoms with van der Waals surface area (Å²) >= 11 is 9.05. The number of nitrogens with one attached hydrogen (secondary N) is 1. The van der Waals surface area contributed by atoms with Gasteiger partial charge in [-0.3, -0.25) is 4.79 Å². The van der Waals surface area contributed by atoms with Gasteiger partial charge in [0.1, 0.15) is 5.82 Å². The number of nitrogen functional groups attached to an aromatic ring is 1. The van der Waals surface area contributed by atoms with Crippen molar-refractivity contribution in [3.05, 3.63) is 56.8 Å². The van der Waals surface area contributed by atoms with Crippen molar-refractivity contribution in [3.63, 3.8) is 0 Å². The fraction of sp³-hybridized carbons (Fsp3) is 0.0714. The zero-order valence-electron chi connectivity index (χ0n) is 10.5. The minimum absolute atomic E-state index is 0.0282. The Morgan fingerprint density at radius 1 is 1.35 bits per heavy atom. The van der Waals surface area contributed by atoms with Crippen LogP contribution in [0.3, 0.4) is 0 Å². The molecule has 0 spiro atoms. The summed E-state index contributed by atoms with van der Waals surface area (Å²) in [4.78, 5) is 12.2. The van der Waals surface area contributed by atoms with Crippen LogP contribution >= 0.6 is 27.5 Å². The number of amides is 1. The molecule has 3 nitrogen and oxygen atoms in total. The third kappa shape index (κ3) is 3.11. The summed E-state index contributed by atoms with van der Waals surface area (Å²) in [5, 5.41) is 2.83. The molecular formula is C14H11BrClFN2O. The Labute approximate surface area is 129 Å². The van der Waals surface area contributed by atoms with Crippen LogP contribution in [0.25, 0.3) is 0 Å². The van der Waals surface area contributed by atoms with Crippen molar-refractivity contribution < 1.29 is 9.18 Å². The number of halogens is 3. The zero-order valence-corrected chi connectivity index (χ0v) is 12.8. The van der Waals surface area contributed by atoms with Gasteiger partial charge in [-0.15, -0.1) is 0 Å². The van der Waals surface area contributed by atoms with E-state index in [4.69, 9.17) is 17.3 Å². The van der Waals surface area contributed by atoms with E-state index < -0.39 is 11.7 Å². The van der Waals surface area contributed by atoms with Crippen LogP contribution in [0.15, 0.2) is 34.8 Å². The molecule has 2 aromatic rings. The van der Waals surface area contributed by atoms with Gasteiger partial charge in [-0.25, -0.2) is 4.39 Å². The van der Waals surface area contributed by atoms with Crippen LogP contribution in [0.4, 0.5) is 15.8 Å². The highest BCUT2D eigenvalue weighted by Gasteiger charge is 2.14. The first-order valence-electron chi connectivity index (χ1n) is 5.70. The van der Waals surface area contributed by atoms with Gasteiger partial charge < -0.3 is 11.1 Å². The van der Waals surface area contributed by atoms with E-state index in [1.165, 1.54) is 18.2 Å². The molecule has 0 aliphatic heterocycles. The van der Waals surface area contributed by atoms with Gasteiger partial charge >= 0.3 is 0 Å². The first-order chi connectivity index (χ1) is 9.38. The first kappa shape index (κ1) is 14.8. The number of carbonyl (C=O) groups is 1. The minimum atomic E-state index is -0.552. The first-order valence-corrected chi connectivity index (χ1v) is 6.87. The lowest BCUT2D eigenvalue weighted by Crippen LogP contribution is -2.15.